The number of ether oxygens (including phenoxy) is 1. The van der Waals surface area contributed by atoms with Crippen molar-refractivity contribution in [3.8, 4) is 11.6 Å². The molecular weight excluding hydrogens is 363 g/mol. The van der Waals surface area contributed by atoms with Crippen LogP contribution in [0, 0.1) is 0 Å². The monoisotopic (exact) mass is 374 g/mol. The van der Waals surface area contributed by atoms with E-state index in [4.69, 9.17) is 33.7 Å². The maximum Gasteiger partial charge on any atom is 0.219 e. The van der Waals surface area contributed by atoms with Crippen molar-refractivity contribution in [3.05, 3.63) is 50.0 Å². The molecule has 0 aliphatic heterocycles. The molecule has 0 atom stereocenters. The van der Waals surface area contributed by atoms with Crippen LogP contribution in [-0.2, 0) is 13.0 Å². The molecule has 0 fully saturated rings. The summed E-state index contributed by atoms with van der Waals surface area (Å²) < 4.78 is 6.44. The average molecular weight is 376 g/mol. The smallest absolute Gasteiger partial charge is 0.219 e. The summed E-state index contributed by atoms with van der Waals surface area (Å²) in [5, 5.41) is 0.981. The number of nitrogens with two attached hydrogens (primary N) is 1. The van der Waals surface area contributed by atoms with Crippen LogP contribution in [0.1, 0.15) is 18.2 Å². The van der Waals surface area contributed by atoms with E-state index in [0.29, 0.717) is 28.2 Å². The first-order chi connectivity index (χ1) is 9.53. The second-order valence-electron chi connectivity index (χ2n) is 4.16. The van der Waals surface area contributed by atoms with Crippen LogP contribution in [0.4, 0.5) is 0 Å². The van der Waals surface area contributed by atoms with Crippen molar-refractivity contribution in [2.45, 2.75) is 19.9 Å². The predicted molar refractivity (Wildman–Crippen MR) is 85.7 cm³/mol. The number of hydrogen-bond donors (Lipinski definition) is 1. The van der Waals surface area contributed by atoms with Gasteiger partial charge in [-0.3, -0.25) is 0 Å². The van der Waals surface area contributed by atoms with E-state index >= 15 is 0 Å². The molecule has 3 nitrogen and oxygen atoms in total. The van der Waals surface area contributed by atoms with Crippen molar-refractivity contribution in [2.24, 2.45) is 5.73 Å². The van der Waals surface area contributed by atoms with Crippen LogP contribution in [0.15, 0.2) is 28.7 Å². The van der Waals surface area contributed by atoms with Gasteiger partial charge in [-0.15, -0.1) is 0 Å². The lowest BCUT2D eigenvalue weighted by molar-refractivity contribution is 0.460. The van der Waals surface area contributed by atoms with E-state index in [1.54, 1.807) is 18.2 Å². The van der Waals surface area contributed by atoms with Crippen molar-refractivity contribution in [3.63, 3.8) is 0 Å². The Morgan fingerprint density at radius 1 is 1.20 bits per heavy atom. The number of benzene rings is 1. The number of rotatable bonds is 4. The number of nitrogens with zero attached hydrogens (tertiary/aromatic N) is 1. The SMILES string of the molecule is CCc1cc(CN)cc(Oc2cc(Cl)c(Br)cc2Cl)n1. The third-order valence-corrected chi connectivity index (χ3v) is 4.19. The maximum absolute atomic E-state index is 6.13. The molecule has 2 rings (SSSR count). The van der Waals surface area contributed by atoms with Crippen LogP contribution >= 0.6 is 39.1 Å². The predicted octanol–water partition coefficient (Wildman–Crippen LogP) is 4.96. The van der Waals surface area contributed by atoms with E-state index in [1.165, 1.54) is 0 Å². The average Bonchev–Trinajstić information content (AvgIpc) is 2.44. The minimum Gasteiger partial charge on any atom is -0.437 e. The van der Waals surface area contributed by atoms with Crippen LogP contribution in [0.3, 0.4) is 0 Å². The van der Waals surface area contributed by atoms with Crippen LogP contribution in [0.5, 0.6) is 11.6 Å². The molecule has 0 radical (unpaired) electrons. The van der Waals surface area contributed by atoms with E-state index in [0.717, 1.165) is 22.2 Å². The summed E-state index contributed by atoms with van der Waals surface area (Å²) in [6.07, 6.45) is 0.805. The Balaban J connectivity index is 2.36. The molecule has 1 aromatic heterocycles. The second-order valence-corrected chi connectivity index (χ2v) is 5.83. The zero-order valence-electron chi connectivity index (χ0n) is 10.8. The Kier molecular flexibility index (Phi) is 5.27. The highest BCUT2D eigenvalue weighted by Gasteiger charge is 2.10. The molecule has 0 spiro atoms. The Bertz CT molecular complexity index is 613. The van der Waals surface area contributed by atoms with Crippen LogP contribution < -0.4 is 10.5 Å². The van der Waals surface area contributed by atoms with E-state index in [-0.39, 0.29) is 0 Å². The largest absolute Gasteiger partial charge is 0.437 e. The standard InChI is InChI=1S/C14H13BrCl2N2O/c1-2-9-3-8(7-18)4-14(19-9)20-13-6-11(16)10(15)5-12(13)17/h3-6H,2,7,18H2,1H3. The lowest BCUT2D eigenvalue weighted by atomic mass is 10.2. The van der Waals surface area contributed by atoms with Gasteiger partial charge < -0.3 is 10.5 Å². The van der Waals surface area contributed by atoms with Gasteiger partial charge in [-0.05, 0) is 40.0 Å². The highest BCUT2D eigenvalue weighted by Crippen LogP contribution is 2.36. The first-order valence-corrected chi connectivity index (χ1v) is 7.60. The van der Waals surface area contributed by atoms with Gasteiger partial charge in [-0.25, -0.2) is 4.98 Å². The summed E-state index contributed by atoms with van der Waals surface area (Å²) in [4.78, 5) is 4.40. The van der Waals surface area contributed by atoms with Crippen molar-refractivity contribution in [1.29, 1.82) is 0 Å². The van der Waals surface area contributed by atoms with Gasteiger partial charge in [-0.2, -0.15) is 0 Å². The number of halogens is 3. The van der Waals surface area contributed by atoms with Crippen molar-refractivity contribution in [2.75, 3.05) is 0 Å². The third kappa shape index (κ3) is 3.64. The van der Waals surface area contributed by atoms with Crippen molar-refractivity contribution >= 4 is 39.1 Å². The Morgan fingerprint density at radius 2 is 1.95 bits per heavy atom. The molecule has 0 aliphatic carbocycles. The van der Waals surface area contributed by atoms with Crippen LogP contribution in [0.25, 0.3) is 0 Å². The maximum atomic E-state index is 6.13. The van der Waals surface area contributed by atoms with E-state index in [2.05, 4.69) is 20.9 Å². The van der Waals surface area contributed by atoms with Gasteiger partial charge in [0.05, 0.1) is 10.0 Å². The molecule has 2 aromatic rings. The molecule has 6 heteroatoms. The fraction of sp³-hybridized carbons (Fsp3) is 0.214. The summed E-state index contributed by atoms with van der Waals surface area (Å²) in [6.45, 7) is 2.45. The summed E-state index contributed by atoms with van der Waals surface area (Å²) in [5.74, 6) is 0.925. The fourth-order valence-electron chi connectivity index (χ4n) is 1.67. The molecule has 0 saturated carbocycles. The number of aromatic nitrogens is 1. The Hall–Kier alpha value is -0.810. The first-order valence-electron chi connectivity index (χ1n) is 6.05. The second kappa shape index (κ2) is 6.76. The Labute approximate surface area is 136 Å². The lowest BCUT2D eigenvalue weighted by Crippen LogP contribution is -2.01. The fourth-order valence-corrected chi connectivity index (χ4v) is 2.50. The molecule has 1 aromatic carbocycles. The molecule has 2 N–H and O–H groups in total. The van der Waals surface area contributed by atoms with Crippen molar-refractivity contribution in [1.82, 2.24) is 4.98 Å². The molecule has 0 unspecified atom stereocenters. The summed E-state index contributed by atoms with van der Waals surface area (Å²) in [5.41, 5.74) is 7.56. The van der Waals surface area contributed by atoms with Gasteiger partial charge in [0, 0.05) is 28.8 Å². The number of aryl methyl sites for hydroxylation is 1. The van der Waals surface area contributed by atoms with Crippen LogP contribution in [-0.4, -0.2) is 4.98 Å². The molecule has 0 saturated heterocycles. The molecule has 106 valence electrons. The minimum absolute atomic E-state index is 0.431. The quantitative estimate of drug-likeness (QED) is 0.768. The molecule has 0 amide bonds. The molecule has 0 aliphatic rings. The lowest BCUT2D eigenvalue weighted by Gasteiger charge is -2.10. The third-order valence-electron chi connectivity index (χ3n) is 2.70. The van der Waals surface area contributed by atoms with Gasteiger partial charge in [-0.1, -0.05) is 30.1 Å². The van der Waals surface area contributed by atoms with Gasteiger partial charge >= 0.3 is 0 Å². The summed E-state index contributed by atoms with van der Waals surface area (Å²) >= 11 is 15.5. The zero-order chi connectivity index (χ0) is 14.7. The summed E-state index contributed by atoms with van der Waals surface area (Å²) in [6, 6.07) is 7.09. The van der Waals surface area contributed by atoms with Gasteiger partial charge in [0.1, 0.15) is 5.75 Å². The minimum atomic E-state index is 0.431. The first kappa shape index (κ1) is 15.6. The number of pyridine rings is 1. The van der Waals surface area contributed by atoms with E-state index < -0.39 is 0 Å². The Morgan fingerprint density at radius 3 is 2.60 bits per heavy atom. The normalized spacial score (nSPS) is 10.7. The molecule has 1 heterocycles. The molecule has 20 heavy (non-hydrogen) atoms. The molecule has 0 bridgehead atoms. The van der Waals surface area contributed by atoms with Gasteiger partial charge in [0.2, 0.25) is 5.88 Å². The van der Waals surface area contributed by atoms with E-state index in [1.807, 2.05) is 13.0 Å². The summed E-state index contributed by atoms with van der Waals surface area (Å²) in [7, 11) is 0. The highest BCUT2D eigenvalue weighted by molar-refractivity contribution is 9.10. The highest BCUT2D eigenvalue weighted by atomic mass is 79.9. The van der Waals surface area contributed by atoms with Crippen LogP contribution in [0.2, 0.25) is 10.0 Å². The number of hydrogen-bond acceptors (Lipinski definition) is 3. The zero-order valence-corrected chi connectivity index (χ0v) is 13.9. The molecular formula is C14H13BrCl2N2O. The van der Waals surface area contributed by atoms with E-state index in [9.17, 15) is 0 Å². The van der Waals surface area contributed by atoms with Gasteiger partial charge in [0.25, 0.3) is 0 Å². The van der Waals surface area contributed by atoms with Gasteiger partial charge in [0.15, 0.2) is 0 Å². The topological polar surface area (TPSA) is 48.1 Å². The van der Waals surface area contributed by atoms with Crippen molar-refractivity contribution < 1.29 is 4.74 Å².